The molecule has 0 aliphatic heterocycles. The van der Waals surface area contributed by atoms with E-state index in [0.29, 0.717) is 5.69 Å². The lowest BCUT2D eigenvalue weighted by Crippen LogP contribution is -2.14. The molecule has 0 saturated carbocycles. The fourth-order valence-electron chi connectivity index (χ4n) is 1.44. The Balaban J connectivity index is 2.13. The van der Waals surface area contributed by atoms with Crippen LogP contribution in [0.4, 0.5) is 20.2 Å². The van der Waals surface area contributed by atoms with Crippen LogP contribution in [0.3, 0.4) is 0 Å². The van der Waals surface area contributed by atoms with Gasteiger partial charge in [-0.05, 0) is 18.2 Å². The second-order valence-electron chi connectivity index (χ2n) is 3.68. The van der Waals surface area contributed by atoms with Crippen molar-refractivity contribution in [3.8, 4) is 5.75 Å². The third-order valence-electron chi connectivity index (χ3n) is 2.30. The van der Waals surface area contributed by atoms with Crippen LogP contribution >= 0.6 is 11.6 Å². The smallest absolute Gasteiger partial charge is 0.387 e. The number of rotatable bonds is 4. The van der Waals surface area contributed by atoms with Crippen molar-refractivity contribution in [3.63, 3.8) is 0 Å². The molecule has 2 aromatic rings. The Kier molecular flexibility index (Phi) is 4.04. The fourth-order valence-corrected chi connectivity index (χ4v) is 1.67. The predicted molar refractivity (Wildman–Crippen MR) is 69.0 cm³/mol. The summed E-state index contributed by atoms with van der Waals surface area (Å²) in [5.41, 5.74) is 6.10. The lowest BCUT2D eigenvalue weighted by Gasteiger charge is -2.09. The highest BCUT2D eigenvalue weighted by molar-refractivity contribution is 6.32. The van der Waals surface area contributed by atoms with Gasteiger partial charge < -0.3 is 15.8 Å². The number of alkyl halides is 2. The van der Waals surface area contributed by atoms with Gasteiger partial charge in [0.25, 0.3) is 5.91 Å². The monoisotopic (exact) mass is 302 g/mol. The second-order valence-corrected chi connectivity index (χ2v) is 4.09. The maximum Gasteiger partial charge on any atom is 0.387 e. The first-order valence-corrected chi connectivity index (χ1v) is 5.69. The van der Waals surface area contributed by atoms with Gasteiger partial charge >= 0.3 is 6.61 Å². The average Bonchev–Trinajstić information content (AvgIpc) is 2.78. The lowest BCUT2D eigenvalue weighted by molar-refractivity contribution is -0.0497. The fraction of sp³-hybridized carbons (Fsp3) is 0.0909. The van der Waals surface area contributed by atoms with Crippen LogP contribution in [0.5, 0.6) is 5.75 Å². The van der Waals surface area contributed by atoms with Gasteiger partial charge in [-0.3, -0.25) is 9.89 Å². The van der Waals surface area contributed by atoms with Gasteiger partial charge in [0.1, 0.15) is 11.4 Å². The number of anilines is 2. The zero-order valence-corrected chi connectivity index (χ0v) is 10.6. The van der Waals surface area contributed by atoms with E-state index < -0.39 is 12.5 Å². The number of aromatic nitrogens is 2. The largest absolute Gasteiger partial charge is 0.433 e. The van der Waals surface area contributed by atoms with Gasteiger partial charge in [-0.2, -0.15) is 13.9 Å². The molecule has 0 fully saturated rings. The normalized spacial score (nSPS) is 10.6. The molecule has 0 aliphatic carbocycles. The molecular weight excluding hydrogens is 294 g/mol. The Bertz CT molecular complexity index is 633. The van der Waals surface area contributed by atoms with E-state index in [1.807, 2.05) is 0 Å². The lowest BCUT2D eigenvalue weighted by atomic mass is 10.3. The van der Waals surface area contributed by atoms with Crippen LogP contribution in [-0.2, 0) is 0 Å². The first kappa shape index (κ1) is 14.1. The number of amides is 1. The highest BCUT2D eigenvalue weighted by Crippen LogP contribution is 2.29. The molecule has 0 saturated heterocycles. The van der Waals surface area contributed by atoms with E-state index in [1.165, 1.54) is 24.4 Å². The molecule has 0 spiro atoms. The summed E-state index contributed by atoms with van der Waals surface area (Å²) in [6, 6.07) is 3.87. The van der Waals surface area contributed by atoms with Crippen molar-refractivity contribution in [1.82, 2.24) is 10.2 Å². The molecule has 0 atom stereocenters. The summed E-state index contributed by atoms with van der Waals surface area (Å²) in [5.74, 6) is -0.709. The van der Waals surface area contributed by atoms with Crippen molar-refractivity contribution in [2.24, 2.45) is 0 Å². The summed E-state index contributed by atoms with van der Waals surface area (Å²) in [6.07, 6.45) is 1.29. The number of nitrogens with two attached hydrogens (primary N) is 1. The maximum atomic E-state index is 12.1. The Morgan fingerprint density at radius 2 is 2.25 bits per heavy atom. The number of benzene rings is 1. The number of nitrogen functional groups attached to an aromatic ring is 1. The minimum absolute atomic E-state index is 0.0549. The van der Waals surface area contributed by atoms with Crippen molar-refractivity contribution in [3.05, 3.63) is 35.1 Å². The molecule has 0 bridgehead atoms. The summed E-state index contributed by atoms with van der Waals surface area (Å²) < 4.78 is 28.3. The minimum atomic E-state index is -2.97. The van der Waals surface area contributed by atoms with Gasteiger partial charge in [-0.1, -0.05) is 11.6 Å². The van der Waals surface area contributed by atoms with Gasteiger partial charge in [0.2, 0.25) is 0 Å². The summed E-state index contributed by atoms with van der Waals surface area (Å²) >= 11 is 5.76. The minimum Gasteiger partial charge on any atom is -0.433 e. The molecule has 0 aliphatic rings. The van der Waals surface area contributed by atoms with E-state index in [4.69, 9.17) is 17.3 Å². The van der Waals surface area contributed by atoms with E-state index in [-0.39, 0.29) is 22.2 Å². The molecule has 0 radical (unpaired) electrons. The second kappa shape index (κ2) is 5.74. The summed E-state index contributed by atoms with van der Waals surface area (Å²) in [6.45, 7) is -2.97. The van der Waals surface area contributed by atoms with Gasteiger partial charge in [0.05, 0.1) is 16.9 Å². The molecule has 6 nitrogen and oxygen atoms in total. The standard InChI is InChI=1S/C11H9ClF2N4O2/c12-6-3-5(1-2-8(6)20-11(13)14)17-10(19)9-7(15)4-16-18-9/h1-4,11H,15H2,(H,16,18)(H,17,19). The Labute approximate surface area is 116 Å². The third-order valence-corrected chi connectivity index (χ3v) is 2.60. The molecule has 1 aromatic heterocycles. The third kappa shape index (κ3) is 3.15. The highest BCUT2D eigenvalue weighted by Gasteiger charge is 2.14. The van der Waals surface area contributed by atoms with Crippen LogP contribution in [0.1, 0.15) is 10.5 Å². The number of H-pyrrole nitrogens is 1. The van der Waals surface area contributed by atoms with Crippen molar-refractivity contribution in [2.75, 3.05) is 11.1 Å². The summed E-state index contributed by atoms with van der Waals surface area (Å²) in [7, 11) is 0. The maximum absolute atomic E-state index is 12.1. The number of ether oxygens (including phenoxy) is 1. The van der Waals surface area contributed by atoms with E-state index in [1.54, 1.807) is 0 Å². The zero-order chi connectivity index (χ0) is 14.7. The molecule has 1 aromatic carbocycles. The number of carbonyl (C=O) groups excluding carboxylic acids is 1. The topological polar surface area (TPSA) is 93.0 Å². The van der Waals surface area contributed by atoms with Crippen LogP contribution in [0, 0.1) is 0 Å². The molecule has 106 valence electrons. The first-order chi connectivity index (χ1) is 9.47. The number of aromatic amines is 1. The number of nitrogens with one attached hydrogen (secondary N) is 2. The quantitative estimate of drug-likeness (QED) is 0.809. The predicted octanol–water partition coefficient (Wildman–Crippen LogP) is 2.50. The van der Waals surface area contributed by atoms with Crippen molar-refractivity contribution in [1.29, 1.82) is 0 Å². The van der Waals surface area contributed by atoms with Crippen LogP contribution in [0.2, 0.25) is 5.02 Å². The Morgan fingerprint density at radius 1 is 1.50 bits per heavy atom. The van der Waals surface area contributed by atoms with E-state index in [2.05, 4.69) is 20.3 Å². The van der Waals surface area contributed by atoms with E-state index in [9.17, 15) is 13.6 Å². The average molecular weight is 303 g/mol. The van der Waals surface area contributed by atoms with Crippen LogP contribution in [0.25, 0.3) is 0 Å². The van der Waals surface area contributed by atoms with Gasteiger partial charge in [0, 0.05) is 5.69 Å². The molecule has 1 heterocycles. The van der Waals surface area contributed by atoms with Crippen molar-refractivity contribution >= 4 is 28.9 Å². The molecule has 4 N–H and O–H groups in total. The number of carbonyl (C=O) groups is 1. The van der Waals surface area contributed by atoms with Crippen molar-refractivity contribution < 1.29 is 18.3 Å². The SMILES string of the molecule is Nc1cn[nH]c1C(=O)Nc1ccc(OC(F)F)c(Cl)c1. The van der Waals surface area contributed by atoms with Gasteiger partial charge in [0.15, 0.2) is 0 Å². The van der Waals surface area contributed by atoms with Gasteiger partial charge in [-0.25, -0.2) is 0 Å². The Morgan fingerprint density at radius 3 is 2.80 bits per heavy atom. The molecule has 9 heteroatoms. The van der Waals surface area contributed by atoms with Crippen LogP contribution in [0.15, 0.2) is 24.4 Å². The first-order valence-electron chi connectivity index (χ1n) is 5.32. The molecule has 0 unspecified atom stereocenters. The van der Waals surface area contributed by atoms with Crippen LogP contribution in [-0.4, -0.2) is 22.7 Å². The highest BCUT2D eigenvalue weighted by atomic mass is 35.5. The van der Waals surface area contributed by atoms with Gasteiger partial charge in [-0.15, -0.1) is 0 Å². The Hall–Kier alpha value is -2.35. The number of hydrogen-bond acceptors (Lipinski definition) is 4. The molecule has 1 amide bonds. The summed E-state index contributed by atoms with van der Waals surface area (Å²) in [4.78, 5) is 11.8. The van der Waals surface area contributed by atoms with Crippen molar-refractivity contribution in [2.45, 2.75) is 6.61 Å². The van der Waals surface area contributed by atoms with E-state index in [0.717, 1.165) is 0 Å². The zero-order valence-electron chi connectivity index (χ0n) is 9.86. The molecule has 20 heavy (non-hydrogen) atoms. The number of nitrogens with zero attached hydrogens (tertiary/aromatic N) is 1. The number of halogens is 3. The molecular formula is C11H9ClF2N4O2. The van der Waals surface area contributed by atoms with Crippen LogP contribution < -0.4 is 15.8 Å². The molecule has 2 rings (SSSR count). The van der Waals surface area contributed by atoms with E-state index >= 15 is 0 Å². The number of hydrogen-bond donors (Lipinski definition) is 3. The summed E-state index contributed by atoms with van der Waals surface area (Å²) in [5, 5.41) is 8.48.